The van der Waals surface area contributed by atoms with Gasteiger partial charge in [-0.05, 0) is 38.2 Å². The van der Waals surface area contributed by atoms with Gasteiger partial charge >= 0.3 is 0 Å². The van der Waals surface area contributed by atoms with Crippen molar-refractivity contribution in [2.24, 2.45) is 5.73 Å². The third kappa shape index (κ3) is 3.72. The Morgan fingerprint density at radius 1 is 1.52 bits per heavy atom. The van der Waals surface area contributed by atoms with Gasteiger partial charge in [0, 0.05) is 13.2 Å². The maximum Gasteiger partial charge on any atom is 0.247 e. The Hall–Kier alpha value is -1.63. The summed E-state index contributed by atoms with van der Waals surface area (Å²) in [5, 5.41) is 2.87. The highest BCUT2D eigenvalue weighted by Crippen LogP contribution is 2.27. The first-order valence-corrected chi connectivity index (χ1v) is 6.94. The third-order valence-electron chi connectivity index (χ3n) is 3.52. The summed E-state index contributed by atoms with van der Waals surface area (Å²) < 4.78 is 10.5. The van der Waals surface area contributed by atoms with Gasteiger partial charge in [0.05, 0.1) is 19.4 Å². The van der Waals surface area contributed by atoms with Crippen LogP contribution in [0.15, 0.2) is 18.2 Å². The van der Waals surface area contributed by atoms with E-state index in [9.17, 15) is 4.79 Å². The monoisotopic (exact) mass is 293 g/mol. The number of hydrogen-bond acceptors (Lipinski definition) is 5. The van der Waals surface area contributed by atoms with Gasteiger partial charge in [-0.3, -0.25) is 4.79 Å². The molecule has 21 heavy (non-hydrogen) atoms. The lowest BCUT2D eigenvalue weighted by atomic mass is 9.99. The zero-order chi connectivity index (χ0) is 15.5. The average molecular weight is 293 g/mol. The van der Waals surface area contributed by atoms with Crippen molar-refractivity contribution in [3.8, 4) is 5.75 Å². The lowest BCUT2D eigenvalue weighted by Crippen LogP contribution is -2.51. The van der Waals surface area contributed by atoms with E-state index in [0.717, 1.165) is 12.1 Å². The zero-order valence-corrected chi connectivity index (χ0v) is 12.8. The van der Waals surface area contributed by atoms with Crippen molar-refractivity contribution < 1.29 is 14.3 Å². The molecule has 1 unspecified atom stereocenters. The van der Waals surface area contributed by atoms with E-state index in [4.69, 9.17) is 15.2 Å². The molecular weight excluding hydrogens is 270 g/mol. The number of hydrogen-bond donors (Lipinski definition) is 2. The molecule has 1 aromatic rings. The van der Waals surface area contributed by atoms with Gasteiger partial charge in [-0.1, -0.05) is 6.07 Å². The average Bonchev–Trinajstić information content (AvgIpc) is 2.87. The summed E-state index contributed by atoms with van der Waals surface area (Å²) in [5.74, 6) is 0.383. The van der Waals surface area contributed by atoms with Crippen LogP contribution in [-0.4, -0.2) is 50.8 Å². The molecule has 1 fully saturated rings. The summed E-state index contributed by atoms with van der Waals surface area (Å²) in [6.45, 7) is 1.55. The van der Waals surface area contributed by atoms with Crippen molar-refractivity contribution in [1.82, 2.24) is 4.90 Å². The normalized spacial score (nSPS) is 21.6. The maximum absolute atomic E-state index is 12.4. The second-order valence-corrected chi connectivity index (χ2v) is 5.69. The SMILES string of the molecule is COc1ccc(CN(C)C)cc1NC(=O)C1(N)CCOC1. The summed E-state index contributed by atoms with van der Waals surface area (Å²) in [7, 11) is 5.56. The van der Waals surface area contributed by atoms with Crippen molar-refractivity contribution >= 4 is 11.6 Å². The molecule has 0 radical (unpaired) electrons. The molecule has 1 amide bonds. The number of rotatable bonds is 5. The molecular formula is C15H23N3O3. The smallest absolute Gasteiger partial charge is 0.247 e. The quantitative estimate of drug-likeness (QED) is 0.840. The summed E-state index contributed by atoms with van der Waals surface area (Å²) >= 11 is 0. The van der Waals surface area contributed by atoms with Crippen LogP contribution in [0.3, 0.4) is 0 Å². The molecule has 1 saturated heterocycles. The van der Waals surface area contributed by atoms with E-state index in [2.05, 4.69) is 10.2 Å². The van der Waals surface area contributed by atoms with Crippen LogP contribution in [0.2, 0.25) is 0 Å². The van der Waals surface area contributed by atoms with E-state index in [0.29, 0.717) is 24.5 Å². The summed E-state index contributed by atoms with van der Waals surface area (Å²) in [5.41, 5.74) is 6.84. The molecule has 6 nitrogen and oxygen atoms in total. The van der Waals surface area contributed by atoms with Crippen LogP contribution >= 0.6 is 0 Å². The molecule has 2 rings (SSSR count). The molecule has 1 heterocycles. The molecule has 0 aromatic heterocycles. The van der Waals surface area contributed by atoms with Crippen molar-refractivity contribution in [3.63, 3.8) is 0 Å². The van der Waals surface area contributed by atoms with Crippen molar-refractivity contribution in [2.75, 3.05) is 39.7 Å². The molecule has 1 aromatic carbocycles. The van der Waals surface area contributed by atoms with Crippen molar-refractivity contribution in [3.05, 3.63) is 23.8 Å². The Balaban J connectivity index is 2.18. The van der Waals surface area contributed by atoms with Gasteiger partial charge < -0.3 is 25.4 Å². The number of amides is 1. The molecule has 116 valence electrons. The second-order valence-electron chi connectivity index (χ2n) is 5.69. The Morgan fingerprint density at radius 2 is 2.29 bits per heavy atom. The van der Waals surface area contributed by atoms with Crippen LogP contribution in [-0.2, 0) is 16.1 Å². The fourth-order valence-electron chi connectivity index (χ4n) is 2.32. The minimum absolute atomic E-state index is 0.236. The zero-order valence-electron chi connectivity index (χ0n) is 12.8. The molecule has 0 spiro atoms. The van der Waals surface area contributed by atoms with Crippen LogP contribution in [0.4, 0.5) is 5.69 Å². The minimum atomic E-state index is -0.956. The first-order chi connectivity index (χ1) is 9.94. The lowest BCUT2D eigenvalue weighted by molar-refractivity contribution is -0.121. The van der Waals surface area contributed by atoms with E-state index in [1.807, 2.05) is 32.3 Å². The van der Waals surface area contributed by atoms with Crippen LogP contribution < -0.4 is 15.8 Å². The minimum Gasteiger partial charge on any atom is -0.495 e. The number of methoxy groups -OCH3 is 1. The van der Waals surface area contributed by atoms with E-state index in [-0.39, 0.29) is 12.5 Å². The van der Waals surface area contributed by atoms with Gasteiger partial charge in [-0.15, -0.1) is 0 Å². The molecule has 1 aliphatic heterocycles. The standard InChI is InChI=1S/C15H23N3O3/c1-18(2)9-11-4-5-13(20-3)12(8-11)17-14(19)15(16)6-7-21-10-15/h4-5,8H,6-7,9-10,16H2,1-3H3,(H,17,19). The maximum atomic E-state index is 12.4. The Labute approximate surface area is 125 Å². The highest BCUT2D eigenvalue weighted by molar-refractivity contribution is 5.99. The predicted molar refractivity (Wildman–Crippen MR) is 81.4 cm³/mol. The van der Waals surface area contributed by atoms with Crippen LogP contribution in [0, 0.1) is 0 Å². The Kier molecular flexibility index (Phi) is 4.82. The lowest BCUT2D eigenvalue weighted by Gasteiger charge is -2.22. The summed E-state index contributed by atoms with van der Waals surface area (Å²) in [6.07, 6.45) is 0.526. The number of benzene rings is 1. The van der Waals surface area contributed by atoms with E-state index >= 15 is 0 Å². The molecule has 1 aliphatic rings. The topological polar surface area (TPSA) is 76.8 Å². The number of anilines is 1. The second kappa shape index (κ2) is 6.43. The largest absolute Gasteiger partial charge is 0.495 e. The van der Waals surface area contributed by atoms with Gasteiger partial charge in [-0.25, -0.2) is 0 Å². The molecule has 0 saturated carbocycles. The third-order valence-corrected chi connectivity index (χ3v) is 3.52. The summed E-state index contributed by atoms with van der Waals surface area (Å²) in [6, 6.07) is 5.74. The van der Waals surface area contributed by atoms with E-state index < -0.39 is 5.54 Å². The number of ether oxygens (including phenoxy) is 2. The van der Waals surface area contributed by atoms with Gasteiger partial charge in [0.1, 0.15) is 11.3 Å². The Bertz CT molecular complexity index is 511. The first kappa shape index (κ1) is 15.8. The molecule has 0 aliphatic carbocycles. The number of nitrogens with zero attached hydrogens (tertiary/aromatic N) is 1. The summed E-state index contributed by atoms with van der Waals surface area (Å²) in [4.78, 5) is 14.4. The van der Waals surface area contributed by atoms with E-state index in [1.165, 1.54) is 0 Å². The van der Waals surface area contributed by atoms with E-state index in [1.54, 1.807) is 7.11 Å². The van der Waals surface area contributed by atoms with Crippen LogP contribution in [0.5, 0.6) is 5.75 Å². The van der Waals surface area contributed by atoms with Gasteiger partial charge in [0.2, 0.25) is 5.91 Å². The molecule has 6 heteroatoms. The van der Waals surface area contributed by atoms with Crippen LogP contribution in [0.25, 0.3) is 0 Å². The number of nitrogens with one attached hydrogen (secondary N) is 1. The molecule has 1 atom stereocenters. The van der Waals surface area contributed by atoms with Gasteiger partial charge in [0.25, 0.3) is 0 Å². The first-order valence-electron chi connectivity index (χ1n) is 6.94. The van der Waals surface area contributed by atoms with Crippen LogP contribution in [0.1, 0.15) is 12.0 Å². The molecule has 3 N–H and O–H groups in total. The number of carbonyl (C=O) groups is 1. The van der Waals surface area contributed by atoms with Gasteiger partial charge in [0.15, 0.2) is 0 Å². The highest BCUT2D eigenvalue weighted by Gasteiger charge is 2.38. The number of nitrogens with two attached hydrogens (primary N) is 1. The van der Waals surface area contributed by atoms with Crippen molar-refractivity contribution in [1.29, 1.82) is 0 Å². The Morgan fingerprint density at radius 3 is 2.86 bits per heavy atom. The predicted octanol–water partition coefficient (Wildman–Crippen LogP) is 0.813. The molecule has 0 bridgehead atoms. The highest BCUT2D eigenvalue weighted by atomic mass is 16.5. The van der Waals surface area contributed by atoms with Crippen molar-refractivity contribution in [2.45, 2.75) is 18.5 Å². The number of carbonyl (C=O) groups excluding carboxylic acids is 1. The fourth-order valence-corrected chi connectivity index (χ4v) is 2.32. The fraction of sp³-hybridized carbons (Fsp3) is 0.533. The van der Waals surface area contributed by atoms with Gasteiger partial charge in [-0.2, -0.15) is 0 Å².